The molecule has 0 amide bonds. The highest BCUT2D eigenvalue weighted by Gasteiger charge is 2.15. The Balaban J connectivity index is 1.83. The lowest BCUT2D eigenvalue weighted by molar-refractivity contribution is 0.397. The van der Waals surface area contributed by atoms with Crippen LogP contribution in [0, 0.1) is 0 Å². The first-order valence-electron chi connectivity index (χ1n) is 6.82. The van der Waals surface area contributed by atoms with Crippen LogP contribution >= 0.6 is 11.3 Å². The van der Waals surface area contributed by atoms with Crippen molar-refractivity contribution in [3.63, 3.8) is 0 Å². The third-order valence-corrected chi connectivity index (χ3v) is 4.55. The van der Waals surface area contributed by atoms with Crippen molar-refractivity contribution < 1.29 is 4.74 Å². The second-order valence-electron chi connectivity index (χ2n) is 4.77. The fourth-order valence-corrected chi connectivity index (χ4v) is 3.32. The van der Waals surface area contributed by atoms with E-state index in [9.17, 15) is 0 Å². The van der Waals surface area contributed by atoms with E-state index in [1.54, 1.807) is 18.4 Å². The van der Waals surface area contributed by atoms with Gasteiger partial charge < -0.3 is 10.1 Å². The minimum absolute atomic E-state index is 0.192. The summed E-state index contributed by atoms with van der Waals surface area (Å²) >= 11 is 1.74. The number of thiazole rings is 1. The number of hydrogen-bond donors (Lipinski definition) is 1. The second kappa shape index (κ2) is 6.20. The number of nitrogens with one attached hydrogen (secondary N) is 1. The molecule has 108 valence electrons. The fourth-order valence-electron chi connectivity index (χ4n) is 2.24. The molecule has 4 nitrogen and oxygen atoms in total. The second-order valence-corrected chi connectivity index (χ2v) is 5.84. The Kier molecular flexibility index (Phi) is 4.13. The zero-order valence-corrected chi connectivity index (χ0v) is 12.9. The molecule has 1 N–H and O–H groups in total. The third kappa shape index (κ3) is 3.04. The number of nitrogens with zero attached hydrogens (tertiary/aromatic N) is 2. The number of para-hydroxylation sites is 1. The fraction of sp³-hybridized carbons (Fsp3) is 0.250. The largest absolute Gasteiger partial charge is 0.481 e. The molecule has 0 saturated heterocycles. The van der Waals surface area contributed by atoms with Gasteiger partial charge in [-0.1, -0.05) is 18.2 Å². The van der Waals surface area contributed by atoms with Gasteiger partial charge in [0.2, 0.25) is 5.88 Å². The van der Waals surface area contributed by atoms with Crippen LogP contribution in [0.4, 0.5) is 0 Å². The van der Waals surface area contributed by atoms with Gasteiger partial charge in [-0.25, -0.2) is 9.97 Å². The van der Waals surface area contributed by atoms with Crippen molar-refractivity contribution >= 4 is 21.6 Å². The Morgan fingerprint density at radius 3 is 2.76 bits per heavy atom. The summed E-state index contributed by atoms with van der Waals surface area (Å²) in [6.07, 6.45) is 2.71. The lowest BCUT2D eigenvalue weighted by Gasteiger charge is -2.13. The zero-order chi connectivity index (χ0) is 14.7. The van der Waals surface area contributed by atoms with Crippen molar-refractivity contribution in [3.05, 3.63) is 53.2 Å². The number of fused-ring (bicyclic) bond motifs is 1. The highest BCUT2D eigenvalue weighted by atomic mass is 32.1. The number of benzene rings is 1. The van der Waals surface area contributed by atoms with E-state index in [0.717, 1.165) is 22.5 Å². The molecule has 1 aromatic carbocycles. The average molecular weight is 299 g/mol. The molecular formula is C16H17N3OS. The van der Waals surface area contributed by atoms with Crippen LogP contribution in [0.3, 0.4) is 0 Å². The summed E-state index contributed by atoms with van der Waals surface area (Å²) in [7, 11) is 3.59. The predicted molar refractivity (Wildman–Crippen MR) is 85.9 cm³/mol. The molecule has 0 aliphatic carbocycles. The van der Waals surface area contributed by atoms with Gasteiger partial charge in [-0.15, -0.1) is 11.3 Å². The van der Waals surface area contributed by atoms with Crippen molar-refractivity contribution in [1.29, 1.82) is 0 Å². The van der Waals surface area contributed by atoms with Crippen LogP contribution in [0.5, 0.6) is 5.88 Å². The van der Waals surface area contributed by atoms with Gasteiger partial charge in [0.05, 0.1) is 23.4 Å². The number of rotatable bonds is 5. The quantitative estimate of drug-likeness (QED) is 0.786. The molecule has 2 heterocycles. The Hall–Kier alpha value is -1.98. The van der Waals surface area contributed by atoms with Crippen molar-refractivity contribution in [1.82, 2.24) is 15.3 Å². The highest BCUT2D eigenvalue weighted by Crippen LogP contribution is 2.28. The van der Waals surface area contributed by atoms with E-state index in [4.69, 9.17) is 9.72 Å². The van der Waals surface area contributed by atoms with Crippen molar-refractivity contribution in [2.45, 2.75) is 12.5 Å². The lowest BCUT2D eigenvalue weighted by atomic mass is 10.1. The topological polar surface area (TPSA) is 47.0 Å². The molecule has 21 heavy (non-hydrogen) atoms. The predicted octanol–water partition coefficient (Wildman–Crippen LogP) is 3.20. The summed E-state index contributed by atoms with van der Waals surface area (Å²) in [4.78, 5) is 8.98. The van der Waals surface area contributed by atoms with E-state index in [1.165, 1.54) is 4.70 Å². The summed E-state index contributed by atoms with van der Waals surface area (Å²) in [5.74, 6) is 0.639. The molecule has 0 aliphatic heterocycles. The first kappa shape index (κ1) is 14.0. The van der Waals surface area contributed by atoms with Gasteiger partial charge in [-0.05, 0) is 31.2 Å². The number of aromatic nitrogens is 2. The molecule has 1 unspecified atom stereocenters. The molecule has 0 aliphatic rings. The first-order chi connectivity index (χ1) is 10.3. The Labute approximate surface area is 127 Å². The molecule has 3 rings (SSSR count). The van der Waals surface area contributed by atoms with Gasteiger partial charge >= 0.3 is 0 Å². The molecule has 2 aromatic heterocycles. The van der Waals surface area contributed by atoms with Crippen LogP contribution in [0.15, 0.2) is 42.6 Å². The lowest BCUT2D eigenvalue weighted by Crippen LogP contribution is -2.18. The normalized spacial score (nSPS) is 12.5. The molecular weight excluding hydrogens is 282 g/mol. The van der Waals surface area contributed by atoms with Gasteiger partial charge in [-0.3, -0.25) is 0 Å². The Morgan fingerprint density at radius 1 is 1.24 bits per heavy atom. The summed E-state index contributed by atoms with van der Waals surface area (Å²) < 4.78 is 6.31. The van der Waals surface area contributed by atoms with Crippen LogP contribution in [-0.4, -0.2) is 24.1 Å². The van der Waals surface area contributed by atoms with Gasteiger partial charge in [0.25, 0.3) is 0 Å². The molecule has 5 heteroatoms. The Morgan fingerprint density at radius 2 is 2.10 bits per heavy atom. The van der Waals surface area contributed by atoms with Crippen LogP contribution in [0.1, 0.15) is 16.6 Å². The summed E-state index contributed by atoms with van der Waals surface area (Å²) in [6.45, 7) is 0. The first-order valence-corrected chi connectivity index (χ1v) is 7.63. The van der Waals surface area contributed by atoms with E-state index in [0.29, 0.717) is 5.88 Å². The third-order valence-electron chi connectivity index (χ3n) is 3.40. The summed E-state index contributed by atoms with van der Waals surface area (Å²) in [6, 6.07) is 12.4. The molecule has 0 spiro atoms. The van der Waals surface area contributed by atoms with E-state index in [-0.39, 0.29) is 6.04 Å². The van der Waals surface area contributed by atoms with E-state index in [1.807, 2.05) is 37.5 Å². The smallest absolute Gasteiger partial charge is 0.212 e. The average Bonchev–Trinajstić information content (AvgIpc) is 2.97. The summed E-state index contributed by atoms with van der Waals surface area (Å²) in [5, 5.41) is 4.45. The van der Waals surface area contributed by atoms with E-state index < -0.39 is 0 Å². The van der Waals surface area contributed by atoms with Crippen molar-refractivity contribution in [2.75, 3.05) is 14.2 Å². The monoisotopic (exact) mass is 299 g/mol. The number of likely N-dealkylation sites (N-methyl/N-ethyl adjacent to an activating group) is 1. The number of methoxy groups -OCH3 is 1. The molecule has 0 radical (unpaired) electrons. The van der Waals surface area contributed by atoms with Crippen LogP contribution in [0.25, 0.3) is 10.2 Å². The van der Waals surface area contributed by atoms with Crippen molar-refractivity contribution in [2.24, 2.45) is 0 Å². The minimum Gasteiger partial charge on any atom is -0.481 e. The Bertz CT molecular complexity index is 691. The standard InChI is InChI=1S/C16H17N3OS/c1-17-13(9-11-7-8-15(20-2)18-10-11)16-19-12-5-3-4-6-14(12)21-16/h3-8,10,13,17H,9H2,1-2H3. The molecule has 3 aromatic rings. The number of hydrogen-bond acceptors (Lipinski definition) is 5. The van der Waals surface area contributed by atoms with Gasteiger partial charge in [-0.2, -0.15) is 0 Å². The number of pyridine rings is 1. The van der Waals surface area contributed by atoms with Gasteiger partial charge in [0.15, 0.2) is 0 Å². The zero-order valence-electron chi connectivity index (χ0n) is 12.0. The molecule has 1 atom stereocenters. The maximum Gasteiger partial charge on any atom is 0.212 e. The minimum atomic E-state index is 0.192. The van der Waals surface area contributed by atoms with E-state index >= 15 is 0 Å². The van der Waals surface area contributed by atoms with Crippen molar-refractivity contribution in [3.8, 4) is 5.88 Å². The van der Waals surface area contributed by atoms with Gasteiger partial charge in [0.1, 0.15) is 5.01 Å². The van der Waals surface area contributed by atoms with Crippen LogP contribution in [0.2, 0.25) is 0 Å². The molecule has 0 bridgehead atoms. The maximum atomic E-state index is 5.09. The van der Waals surface area contributed by atoms with Crippen LogP contribution < -0.4 is 10.1 Å². The SMILES string of the molecule is CNC(Cc1ccc(OC)nc1)c1nc2ccccc2s1. The number of ether oxygens (including phenoxy) is 1. The highest BCUT2D eigenvalue weighted by molar-refractivity contribution is 7.18. The molecule has 0 fully saturated rings. The van der Waals surface area contributed by atoms with E-state index in [2.05, 4.69) is 22.4 Å². The maximum absolute atomic E-state index is 5.09. The van der Waals surface area contributed by atoms with Gasteiger partial charge in [0, 0.05) is 12.3 Å². The summed E-state index contributed by atoms with van der Waals surface area (Å²) in [5.41, 5.74) is 2.22. The van der Waals surface area contributed by atoms with Crippen LogP contribution in [-0.2, 0) is 6.42 Å². The molecule has 0 saturated carbocycles.